The lowest BCUT2D eigenvalue weighted by atomic mass is 10.2. The van der Waals surface area contributed by atoms with Gasteiger partial charge in [-0.2, -0.15) is 11.8 Å². The zero-order chi connectivity index (χ0) is 7.66. The van der Waals surface area contributed by atoms with Gasteiger partial charge in [0.1, 0.15) is 0 Å². The van der Waals surface area contributed by atoms with Crippen LogP contribution in [-0.2, 0) is 0 Å². The summed E-state index contributed by atoms with van der Waals surface area (Å²) in [7, 11) is 0. The van der Waals surface area contributed by atoms with Crippen molar-refractivity contribution in [2.24, 2.45) is 0 Å². The molecule has 0 aromatic heterocycles. The molecule has 0 spiro atoms. The van der Waals surface area contributed by atoms with Crippen molar-refractivity contribution in [1.29, 1.82) is 0 Å². The molecule has 1 heteroatoms. The van der Waals surface area contributed by atoms with E-state index in [0.29, 0.717) is 0 Å². The molecule has 10 heavy (non-hydrogen) atoms. The standard InChI is InChI=1S/C9H17S/c1-3-5-6-7-9-10-8-4-2/h3,9H,1,4-8H2,2H3. The number of thioether (sulfide) groups is 1. The van der Waals surface area contributed by atoms with Crippen molar-refractivity contribution in [2.45, 2.75) is 32.6 Å². The van der Waals surface area contributed by atoms with Gasteiger partial charge in [0.15, 0.2) is 0 Å². The van der Waals surface area contributed by atoms with Gasteiger partial charge in [-0.1, -0.05) is 13.0 Å². The third-order valence-corrected chi connectivity index (χ3v) is 2.29. The van der Waals surface area contributed by atoms with Crippen molar-refractivity contribution in [1.82, 2.24) is 0 Å². The van der Waals surface area contributed by atoms with Crippen LogP contribution >= 0.6 is 11.8 Å². The Hall–Kier alpha value is 0.0900. The number of allylic oxidation sites excluding steroid dienone is 1. The molecule has 0 rings (SSSR count). The average Bonchev–Trinajstić information content (AvgIpc) is 1.97. The molecule has 0 aromatic rings. The summed E-state index contributed by atoms with van der Waals surface area (Å²) in [5.41, 5.74) is 0. The molecule has 0 amide bonds. The summed E-state index contributed by atoms with van der Waals surface area (Å²) in [4.78, 5) is 0. The molecular weight excluding hydrogens is 140 g/mol. The first kappa shape index (κ1) is 10.1. The summed E-state index contributed by atoms with van der Waals surface area (Å²) in [6.45, 7) is 5.89. The molecule has 0 unspecified atom stereocenters. The molecule has 0 bridgehead atoms. The van der Waals surface area contributed by atoms with E-state index in [0.717, 1.165) is 6.42 Å². The van der Waals surface area contributed by atoms with Crippen LogP contribution < -0.4 is 0 Å². The predicted octanol–water partition coefficient (Wildman–Crippen LogP) is 3.65. The van der Waals surface area contributed by atoms with Crippen LogP contribution in [0, 0.1) is 5.75 Å². The van der Waals surface area contributed by atoms with Gasteiger partial charge in [0.2, 0.25) is 0 Å². The van der Waals surface area contributed by atoms with Gasteiger partial charge in [0, 0.05) is 5.75 Å². The van der Waals surface area contributed by atoms with Crippen LogP contribution in [0.25, 0.3) is 0 Å². The Morgan fingerprint density at radius 3 is 2.80 bits per heavy atom. The van der Waals surface area contributed by atoms with Crippen molar-refractivity contribution < 1.29 is 0 Å². The van der Waals surface area contributed by atoms with Crippen LogP contribution in [0.5, 0.6) is 0 Å². The minimum Gasteiger partial charge on any atom is -0.157 e. The Morgan fingerprint density at radius 2 is 2.20 bits per heavy atom. The van der Waals surface area contributed by atoms with Gasteiger partial charge in [0.05, 0.1) is 0 Å². The fourth-order valence-electron chi connectivity index (χ4n) is 0.630. The number of hydrogen-bond donors (Lipinski definition) is 0. The monoisotopic (exact) mass is 157 g/mol. The van der Waals surface area contributed by atoms with E-state index < -0.39 is 0 Å². The normalized spacial score (nSPS) is 9.70. The molecule has 0 saturated carbocycles. The van der Waals surface area contributed by atoms with Crippen LogP contribution in [-0.4, -0.2) is 5.75 Å². The van der Waals surface area contributed by atoms with Crippen LogP contribution in [0.4, 0.5) is 0 Å². The largest absolute Gasteiger partial charge is 0.157 e. The van der Waals surface area contributed by atoms with E-state index >= 15 is 0 Å². The first-order valence-corrected chi connectivity index (χ1v) is 5.00. The quantitative estimate of drug-likeness (QED) is 0.401. The van der Waals surface area contributed by atoms with Gasteiger partial charge < -0.3 is 0 Å². The predicted molar refractivity (Wildman–Crippen MR) is 51.1 cm³/mol. The van der Waals surface area contributed by atoms with Crippen LogP contribution in [0.3, 0.4) is 0 Å². The fourth-order valence-corrected chi connectivity index (χ4v) is 1.37. The second-order valence-corrected chi connectivity index (χ2v) is 3.33. The fraction of sp³-hybridized carbons (Fsp3) is 0.667. The van der Waals surface area contributed by atoms with Crippen LogP contribution in [0.2, 0.25) is 0 Å². The van der Waals surface area contributed by atoms with Gasteiger partial charge in [-0.3, -0.25) is 0 Å². The number of unbranched alkanes of at least 4 members (excludes halogenated alkanes) is 2. The highest BCUT2D eigenvalue weighted by molar-refractivity contribution is 8.01. The lowest BCUT2D eigenvalue weighted by Crippen LogP contribution is -1.75. The van der Waals surface area contributed by atoms with Crippen LogP contribution in [0.15, 0.2) is 12.7 Å². The highest BCUT2D eigenvalue weighted by atomic mass is 32.2. The second kappa shape index (κ2) is 9.09. The highest BCUT2D eigenvalue weighted by Gasteiger charge is 1.87. The Labute approximate surface area is 69.1 Å². The molecule has 0 aromatic carbocycles. The van der Waals surface area contributed by atoms with Gasteiger partial charge in [0.25, 0.3) is 0 Å². The lowest BCUT2D eigenvalue weighted by molar-refractivity contribution is 0.859. The van der Waals surface area contributed by atoms with Crippen molar-refractivity contribution in [3.05, 3.63) is 18.4 Å². The van der Waals surface area contributed by atoms with E-state index in [1.807, 2.05) is 17.8 Å². The maximum absolute atomic E-state index is 3.67. The molecule has 0 saturated heterocycles. The lowest BCUT2D eigenvalue weighted by Gasteiger charge is -1.96. The molecule has 0 atom stereocenters. The maximum Gasteiger partial charge on any atom is 0.0166 e. The molecule has 59 valence electrons. The Kier molecular flexibility index (Phi) is 9.17. The van der Waals surface area contributed by atoms with E-state index in [2.05, 4.69) is 19.3 Å². The zero-order valence-electron chi connectivity index (χ0n) is 6.81. The summed E-state index contributed by atoms with van der Waals surface area (Å²) in [6, 6.07) is 0. The molecule has 0 aliphatic rings. The van der Waals surface area contributed by atoms with E-state index in [9.17, 15) is 0 Å². The van der Waals surface area contributed by atoms with Gasteiger partial charge >= 0.3 is 0 Å². The summed E-state index contributed by atoms with van der Waals surface area (Å²) in [6.07, 6.45) is 6.92. The third kappa shape index (κ3) is 8.09. The molecule has 1 radical (unpaired) electrons. The highest BCUT2D eigenvalue weighted by Crippen LogP contribution is 2.12. The average molecular weight is 157 g/mol. The van der Waals surface area contributed by atoms with E-state index in [4.69, 9.17) is 0 Å². The molecule has 0 N–H and O–H groups in total. The van der Waals surface area contributed by atoms with Crippen molar-refractivity contribution in [3.63, 3.8) is 0 Å². The second-order valence-electron chi connectivity index (χ2n) is 2.26. The zero-order valence-corrected chi connectivity index (χ0v) is 7.62. The van der Waals surface area contributed by atoms with Crippen molar-refractivity contribution in [3.8, 4) is 0 Å². The Morgan fingerprint density at radius 1 is 1.40 bits per heavy atom. The molecule has 0 nitrogen and oxygen atoms in total. The number of hydrogen-bond acceptors (Lipinski definition) is 1. The summed E-state index contributed by atoms with van der Waals surface area (Å²) < 4.78 is 0. The summed E-state index contributed by atoms with van der Waals surface area (Å²) >= 11 is 1.94. The van der Waals surface area contributed by atoms with Crippen LogP contribution in [0.1, 0.15) is 32.6 Å². The first-order valence-electron chi connectivity index (χ1n) is 3.96. The molecular formula is C9H17S. The Balaban J connectivity index is 2.70. The van der Waals surface area contributed by atoms with E-state index in [-0.39, 0.29) is 0 Å². The molecule has 0 aliphatic carbocycles. The Bertz CT molecular complexity index is 69.1. The number of rotatable bonds is 7. The summed E-state index contributed by atoms with van der Waals surface area (Å²) in [5, 5.41) is 0. The van der Waals surface area contributed by atoms with E-state index in [1.165, 1.54) is 25.0 Å². The molecule has 0 heterocycles. The first-order chi connectivity index (χ1) is 4.91. The summed E-state index contributed by atoms with van der Waals surface area (Å²) in [5.74, 6) is 3.58. The maximum atomic E-state index is 3.67. The minimum absolute atomic E-state index is 1.16. The van der Waals surface area contributed by atoms with Crippen molar-refractivity contribution >= 4 is 11.8 Å². The molecule has 0 aliphatic heterocycles. The van der Waals surface area contributed by atoms with E-state index in [1.54, 1.807) is 0 Å². The van der Waals surface area contributed by atoms with Gasteiger partial charge in [-0.05, 0) is 31.4 Å². The topological polar surface area (TPSA) is 0 Å². The van der Waals surface area contributed by atoms with Crippen molar-refractivity contribution in [2.75, 3.05) is 5.75 Å². The van der Waals surface area contributed by atoms with Gasteiger partial charge in [-0.15, -0.1) is 6.58 Å². The molecule has 0 fully saturated rings. The van der Waals surface area contributed by atoms with Gasteiger partial charge in [-0.25, -0.2) is 0 Å². The SMILES string of the molecule is C=CCCC[CH]SCCC. The minimum atomic E-state index is 1.16. The smallest absolute Gasteiger partial charge is 0.0166 e. The third-order valence-electron chi connectivity index (χ3n) is 1.17.